The summed E-state index contributed by atoms with van der Waals surface area (Å²) < 4.78 is 23.9. The highest BCUT2D eigenvalue weighted by atomic mass is 127. The molecule has 0 amide bonds. The predicted octanol–water partition coefficient (Wildman–Crippen LogP) is 2.40. The lowest BCUT2D eigenvalue weighted by molar-refractivity contribution is 0.414. The third-order valence-electron chi connectivity index (χ3n) is 4.11. The number of rotatable bonds is 6. The molecule has 1 rings (SSSR count). The summed E-state index contributed by atoms with van der Waals surface area (Å²) >= 11 is 0. The van der Waals surface area contributed by atoms with Crippen LogP contribution in [0.25, 0.3) is 0 Å². The minimum atomic E-state index is -0.861. The molecule has 0 aromatic carbocycles. The Balaban J connectivity index is 0.00000529. The van der Waals surface area contributed by atoms with Crippen molar-refractivity contribution in [1.82, 2.24) is 10.6 Å². The number of hydrogen-bond donors (Lipinski definition) is 2. The van der Waals surface area contributed by atoms with Gasteiger partial charge in [-0.1, -0.05) is 13.3 Å². The van der Waals surface area contributed by atoms with Crippen molar-refractivity contribution in [3.05, 3.63) is 0 Å². The van der Waals surface area contributed by atoms with Crippen LogP contribution in [0.1, 0.15) is 53.4 Å². The molecule has 4 unspecified atom stereocenters. The van der Waals surface area contributed by atoms with Gasteiger partial charge in [0, 0.05) is 62.7 Å². The summed E-state index contributed by atoms with van der Waals surface area (Å²) in [5, 5.41) is 6.98. The molecule has 4 atom stereocenters. The van der Waals surface area contributed by atoms with E-state index in [-0.39, 0.29) is 28.7 Å². The van der Waals surface area contributed by atoms with E-state index in [0.29, 0.717) is 23.6 Å². The van der Waals surface area contributed by atoms with E-state index in [1.165, 1.54) is 0 Å². The van der Waals surface area contributed by atoms with Crippen LogP contribution >= 0.6 is 24.0 Å². The maximum Gasteiger partial charge on any atom is 0.191 e. The zero-order valence-corrected chi connectivity index (χ0v) is 19.6. The summed E-state index contributed by atoms with van der Waals surface area (Å²) in [5.41, 5.74) is 0. The van der Waals surface area contributed by atoms with Crippen molar-refractivity contribution in [3.63, 3.8) is 0 Å². The average molecular weight is 492 g/mol. The minimum absolute atomic E-state index is 0. The van der Waals surface area contributed by atoms with E-state index in [1.807, 2.05) is 27.7 Å². The van der Waals surface area contributed by atoms with E-state index in [4.69, 9.17) is 0 Å². The second kappa shape index (κ2) is 11.8. The Morgan fingerprint density at radius 1 is 1.25 bits per heavy atom. The third kappa shape index (κ3) is 8.60. The first-order chi connectivity index (χ1) is 10.8. The highest BCUT2D eigenvalue weighted by molar-refractivity contribution is 14.0. The Morgan fingerprint density at radius 3 is 2.46 bits per heavy atom. The summed E-state index contributed by atoms with van der Waals surface area (Å²) in [6, 6.07) is 0.323. The van der Waals surface area contributed by atoms with Gasteiger partial charge in [-0.05, 0) is 40.0 Å². The van der Waals surface area contributed by atoms with Crippen molar-refractivity contribution in [2.45, 2.75) is 69.4 Å². The van der Waals surface area contributed by atoms with E-state index < -0.39 is 21.6 Å². The van der Waals surface area contributed by atoms with Gasteiger partial charge in [-0.25, -0.2) is 0 Å². The number of hydrogen-bond acceptors (Lipinski definition) is 3. The van der Waals surface area contributed by atoms with Crippen LogP contribution in [0.5, 0.6) is 0 Å². The fourth-order valence-corrected chi connectivity index (χ4v) is 4.95. The van der Waals surface area contributed by atoms with Crippen LogP contribution in [0.2, 0.25) is 0 Å². The van der Waals surface area contributed by atoms with Crippen molar-refractivity contribution >= 4 is 51.5 Å². The van der Waals surface area contributed by atoms with E-state index in [1.54, 1.807) is 7.05 Å². The van der Waals surface area contributed by atoms with Gasteiger partial charge in [0.15, 0.2) is 5.96 Å². The van der Waals surface area contributed by atoms with Crippen LogP contribution in [0, 0.1) is 0 Å². The molecule has 0 heterocycles. The monoisotopic (exact) mass is 491 g/mol. The molecule has 144 valence electrons. The molecule has 0 aromatic heterocycles. The molecule has 2 N–H and O–H groups in total. The van der Waals surface area contributed by atoms with Crippen LogP contribution < -0.4 is 10.6 Å². The van der Waals surface area contributed by atoms with Gasteiger partial charge in [-0.2, -0.15) is 0 Å². The summed E-state index contributed by atoms with van der Waals surface area (Å²) in [6.45, 7) is 8.61. The highest BCUT2D eigenvalue weighted by Gasteiger charge is 2.26. The second-order valence-corrected chi connectivity index (χ2v) is 11.3. The zero-order chi connectivity index (χ0) is 17.5. The standard InChI is InChI=1S/C16H33N3O2S2.HI/c1-6-22(20)14-9-7-8-13(12-14)19-15(17-5)18-10-11-23(21)16(2,3)4;/h13-14H,6-12H2,1-5H3,(H2,17,18,19);1H. The van der Waals surface area contributed by atoms with Gasteiger partial charge < -0.3 is 10.6 Å². The molecule has 1 aliphatic carbocycles. The Hall–Kier alpha value is 0.300. The first-order valence-electron chi connectivity index (χ1n) is 8.50. The Kier molecular flexibility index (Phi) is 12.0. The summed E-state index contributed by atoms with van der Waals surface area (Å²) in [7, 11) is 0.177. The third-order valence-corrected chi connectivity index (χ3v) is 7.79. The van der Waals surface area contributed by atoms with Crippen LogP contribution in [-0.2, 0) is 21.6 Å². The lowest BCUT2D eigenvalue weighted by atomic mass is 9.95. The van der Waals surface area contributed by atoms with Gasteiger partial charge in [0.2, 0.25) is 0 Å². The zero-order valence-electron chi connectivity index (χ0n) is 15.6. The molecule has 0 radical (unpaired) electrons. The van der Waals surface area contributed by atoms with E-state index in [0.717, 1.165) is 37.4 Å². The van der Waals surface area contributed by atoms with Gasteiger partial charge in [-0.3, -0.25) is 13.4 Å². The molecule has 1 aliphatic rings. The predicted molar refractivity (Wildman–Crippen MR) is 117 cm³/mol. The SMILES string of the molecule is CCS(=O)C1CCCC(NC(=NC)NCCS(=O)C(C)(C)C)C1.I. The first kappa shape index (κ1) is 24.3. The maximum atomic E-state index is 12.1. The van der Waals surface area contributed by atoms with Gasteiger partial charge in [0.05, 0.1) is 0 Å². The molecular weight excluding hydrogens is 457 g/mol. The van der Waals surface area contributed by atoms with Crippen molar-refractivity contribution in [3.8, 4) is 0 Å². The average Bonchev–Trinajstić information content (AvgIpc) is 2.52. The Morgan fingerprint density at radius 2 is 1.92 bits per heavy atom. The minimum Gasteiger partial charge on any atom is -0.355 e. The number of guanidine groups is 1. The molecule has 5 nitrogen and oxygen atoms in total. The van der Waals surface area contributed by atoms with Crippen LogP contribution in [0.15, 0.2) is 4.99 Å². The van der Waals surface area contributed by atoms with Gasteiger partial charge in [0.1, 0.15) is 0 Å². The molecule has 24 heavy (non-hydrogen) atoms. The van der Waals surface area contributed by atoms with Gasteiger partial charge in [0.25, 0.3) is 0 Å². The molecule has 8 heteroatoms. The van der Waals surface area contributed by atoms with Gasteiger partial charge >= 0.3 is 0 Å². The number of nitrogens with zero attached hydrogens (tertiary/aromatic N) is 1. The first-order valence-corrected chi connectivity index (χ1v) is 11.2. The highest BCUT2D eigenvalue weighted by Crippen LogP contribution is 2.22. The summed E-state index contributed by atoms with van der Waals surface area (Å²) in [6.07, 6.45) is 4.20. The normalized spacial score (nSPS) is 24.6. The van der Waals surface area contributed by atoms with Crippen molar-refractivity contribution in [2.75, 3.05) is 25.1 Å². The number of nitrogens with one attached hydrogen (secondary N) is 2. The van der Waals surface area contributed by atoms with E-state index in [9.17, 15) is 8.42 Å². The lowest BCUT2D eigenvalue weighted by Crippen LogP contribution is -2.47. The topological polar surface area (TPSA) is 70.6 Å². The second-order valence-electron chi connectivity index (χ2n) is 6.96. The number of aliphatic imine (C=N–C) groups is 1. The van der Waals surface area contributed by atoms with Crippen molar-refractivity contribution in [1.29, 1.82) is 0 Å². The Bertz CT molecular complexity index is 453. The smallest absolute Gasteiger partial charge is 0.191 e. The molecule has 0 aliphatic heterocycles. The van der Waals surface area contributed by atoms with E-state index in [2.05, 4.69) is 15.6 Å². The molecule has 1 saturated carbocycles. The van der Waals surface area contributed by atoms with Crippen molar-refractivity contribution < 1.29 is 8.42 Å². The number of halogens is 1. The fraction of sp³-hybridized carbons (Fsp3) is 0.938. The van der Waals surface area contributed by atoms with Crippen LogP contribution in [-0.4, -0.2) is 55.5 Å². The summed E-state index contributed by atoms with van der Waals surface area (Å²) in [5.74, 6) is 2.10. The van der Waals surface area contributed by atoms with Crippen LogP contribution in [0.4, 0.5) is 0 Å². The van der Waals surface area contributed by atoms with Crippen molar-refractivity contribution in [2.24, 2.45) is 4.99 Å². The lowest BCUT2D eigenvalue weighted by Gasteiger charge is -2.30. The Labute approximate surface area is 169 Å². The molecule has 0 aromatic rings. The molecule has 0 bridgehead atoms. The molecule has 1 fully saturated rings. The quantitative estimate of drug-likeness (QED) is 0.340. The molecule has 0 saturated heterocycles. The molecular formula is C16H34IN3O2S2. The maximum absolute atomic E-state index is 12.1. The van der Waals surface area contributed by atoms with Gasteiger partial charge in [-0.15, -0.1) is 24.0 Å². The summed E-state index contributed by atoms with van der Waals surface area (Å²) in [4.78, 5) is 4.25. The largest absolute Gasteiger partial charge is 0.355 e. The van der Waals surface area contributed by atoms with Crippen LogP contribution in [0.3, 0.4) is 0 Å². The fourth-order valence-electron chi connectivity index (χ4n) is 2.71. The molecule has 0 spiro atoms. The van der Waals surface area contributed by atoms with E-state index >= 15 is 0 Å².